The first-order valence-electron chi connectivity index (χ1n) is 6.27. The van der Waals surface area contributed by atoms with E-state index in [-0.39, 0.29) is 16.9 Å². The SMILES string of the molecule is CCC(C)C(C)NS(=O)(=O)c1cc(Cl)cc(N)c1C. The summed E-state index contributed by atoms with van der Waals surface area (Å²) in [6.07, 6.45) is 0.903. The van der Waals surface area contributed by atoms with Gasteiger partial charge in [0, 0.05) is 16.8 Å². The van der Waals surface area contributed by atoms with Crippen molar-refractivity contribution in [2.75, 3.05) is 5.73 Å². The molecule has 0 aliphatic heterocycles. The van der Waals surface area contributed by atoms with Gasteiger partial charge in [-0.3, -0.25) is 0 Å². The number of halogens is 1. The topological polar surface area (TPSA) is 72.2 Å². The van der Waals surface area contributed by atoms with E-state index in [4.69, 9.17) is 17.3 Å². The number of nitrogens with one attached hydrogen (secondary N) is 1. The fourth-order valence-electron chi connectivity index (χ4n) is 1.73. The van der Waals surface area contributed by atoms with E-state index < -0.39 is 10.0 Å². The molecule has 19 heavy (non-hydrogen) atoms. The molecule has 3 N–H and O–H groups in total. The number of hydrogen-bond acceptors (Lipinski definition) is 3. The third-order valence-corrected chi connectivity index (χ3v) is 5.40. The van der Waals surface area contributed by atoms with Crippen LogP contribution < -0.4 is 10.5 Å². The molecule has 0 saturated heterocycles. The third kappa shape index (κ3) is 3.84. The largest absolute Gasteiger partial charge is 0.398 e. The summed E-state index contributed by atoms with van der Waals surface area (Å²) in [5.74, 6) is 0.256. The minimum Gasteiger partial charge on any atom is -0.398 e. The lowest BCUT2D eigenvalue weighted by Crippen LogP contribution is -2.37. The van der Waals surface area contributed by atoms with E-state index in [1.807, 2.05) is 20.8 Å². The summed E-state index contributed by atoms with van der Waals surface area (Å²) >= 11 is 5.88. The van der Waals surface area contributed by atoms with Crippen molar-refractivity contribution in [3.05, 3.63) is 22.7 Å². The fraction of sp³-hybridized carbons (Fsp3) is 0.538. The van der Waals surface area contributed by atoms with Crippen LogP contribution in [0, 0.1) is 12.8 Å². The van der Waals surface area contributed by atoms with Crippen LogP contribution in [-0.2, 0) is 10.0 Å². The summed E-state index contributed by atoms with van der Waals surface area (Å²) in [7, 11) is -3.60. The molecule has 0 aromatic heterocycles. The van der Waals surface area contributed by atoms with Gasteiger partial charge in [0.25, 0.3) is 0 Å². The monoisotopic (exact) mass is 304 g/mol. The summed E-state index contributed by atoms with van der Waals surface area (Å²) in [5.41, 5.74) is 6.66. The summed E-state index contributed by atoms with van der Waals surface area (Å²) < 4.78 is 27.4. The Kier molecular flexibility index (Phi) is 5.24. The first-order chi connectivity index (χ1) is 8.69. The lowest BCUT2D eigenvalue weighted by molar-refractivity contribution is 0.434. The number of anilines is 1. The van der Waals surface area contributed by atoms with Crippen LogP contribution in [0.25, 0.3) is 0 Å². The predicted molar refractivity (Wildman–Crippen MR) is 79.8 cm³/mol. The van der Waals surface area contributed by atoms with Gasteiger partial charge in [-0.15, -0.1) is 0 Å². The zero-order chi connectivity index (χ0) is 14.8. The Labute approximate surface area is 120 Å². The highest BCUT2D eigenvalue weighted by Gasteiger charge is 2.23. The molecule has 6 heteroatoms. The quantitative estimate of drug-likeness (QED) is 0.822. The molecule has 0 fully saturated rings. The predicted octanol–water partition coefficient (Wildman–Crippen LogP) is 2.94. The van der Waals surface area contributed by atoms with Crippen molar-refractivity contribution >= 4 is 27.3 Å². The molecule has 0 saturated carbocycles. The van der Waals surface area contributed by atoms with Crippen LogP contribution in [0.4, 0.5) is 5.69 Å². The molecule has 0 heterocycles. The van der Waals surface area contributed by atoms with Crippen LogP contribution in [0.15, 0.2) is 17.0 Å². The van der Waals surface area contributed by atoms with E-state index in [1.165, 1.54) is 6.07 Å². The van der Waals surface area contributed by atoms with Gasteiger partial charge in [0.15, 0.2) is 0 Å². The zero-order valence-corrected chi connectivity index (χ0v) is 13.3. The second-order valence-electron chi connectivity index (χ2n) is 4.91. The Balaban J connectivity index is 3.14. The molecule has 108 valence electrons. The van der Waals surface area contributed by atoms with E-state index >= 15 is 0 Å². The van der Waals surface area contributed by atoms with E-state index in [0.717, 1.165) is 6.42 Å². The minimum atomic E-state index is -3.60. The molecule has 1 aromatic rings. The zero-order valence-electron chi connectivity index (χ0n) is 11.7. The Morgan fingerprint density at radius 1 is 1.37 bits per heavy atom. The lowest BCUT2D eigenvalue weighted by Gasteiger charge is -2.21. The molecule has 0 bridgehead atoms. The van der Waals surface area contributed by atoms with Gasteiger partial charge in [-0.1, -0.05) is 31.9 Å². The molecular formula is C13H21ClN2O2S. The highest BCUT2D eigenvalue weighted by molar-refractivity contribution is 7.89. The molecule has 4 nitrogen and oxygen atoms in total. The van der Waals surface area contributed by atoms with Crippen molar-refractivity contribution < 1.29 is 8.42 Å². The van der Waals surface area contributed by atoms with Gasteiger partial charge in [-0.05, 0) is 37.5 Å². The average molecular weight is 305 g/mol. The van der Waals surface area contributed by atoms with Crippen LogP contribution in [0.3, 0.4) is 0 Å². The van der Waals surface area contributed by atoms with Gasteiger partial charge in [0.1, 0.15) is 0 Å². The number of nitrogens with two attached hydrogens (primary N) is 1. The highest BCUT2D eigenvalue weighted by atomic mass is 35.5. The van der Waals surface area contributed by atoms with E-state index in [9.17, 15) is 8.42 Å². The second-order valence-corrected chi connectivity index (χ2v) is 7.03. The Hall–Kier alpha value is -0.780. The fourth-order valence-corrected chi connectivity index (χ4v) is 3.67. The van der Waals surface area contributed by atoms with Crippen LogP contribution in [0.2, 0.25) is 5.02 Å². The Morgan fingerprint density at radius 3 is 2.47 bits per heavy atom. The number of nitrogen functional groups attached to an aromatic ring is 1. The van der Waals surface area contributed by atoms with Crippen molar-refractivity contribution in [2.24, 2.45) is 5.92 Å². The lowest BCUT2D eigenvalue weighted by atomic mass is 10.0. The standard InChI is InChI=1S/C13H21ClN2O2S/c1-5-8(2)10(4)16-19(17,18)13-7-11(14)6-12(15)9(13)3/h6-8,10,16H,5,15H2,1-4H3. The Bertz CT molecular complexity index is 558. The van der Waals surface area contributed by atoms with E-state index in [0.29, 0.717) is 16.3 Å². The van der Waals surface area contributed by atoms with Crippen molar-refractivity contribution in [2.45, 2.75) is 45.1 Å². The molecule has 0 aliphatic carbocycles. The maximum absolute atomic E-state index is 12.4. The number of rotatable bonds is 5. The molecule has 0 amide bonds. The van der Waals surface area contributed by atoms with Gasteiger partial charge in [0.2, 0.25) is 10.0 Å². The summed E-state index contributed by atoms with van der Waals surface area (Å²) in [5, 5.41) is 0.319. The van der Waals surface area contributed by atoms with Crippen molar-refractivity contribution in [1.29, 1.82) is 0 Å². The maximum atomic E-state index is 12.4. The van der Waals surface area contributed by atoms with Crippen LogP contribution >= 0.6 is 11.6 Å². The van der Waals surface area contributed by atoms with Gasteiger partial charge in [-0.2, -0.15) is 0 Å². The van der Waals surface area contributed by atoms with Crippen molar-refractivity contribution in [3.8, 4) is 0 Å². The van der Waals surface area contributed by atoms with Crippen molar-refractivity contribution in [1.82, 2.24) is 4.72 Å². The van der Waals surface area contributed by atoms with E-state index in [2.05, 4.69) is 4.72 Å². The second kappa shape index (κ2) is 6.11. The summed E-state index contributed by atoms with van der Waals surface area (Å²) in [6.45, 7) is 7.56. The summed E-state index contributed by atoms with van der Waals surface area (Å²) in [6, 6.07) is 2.84. The van der Waals surface area contributed by atoms with Gasteiger partial charge < -0.3 is 5.73 Å². The van der Waals surface area contributed by atoms with E-state index in [1.54, 1.807) is 13.0 Å². The van der Waals surface area contributed by atoms with Crippen LogP contribution in [0.1, 0.15) is 32.8 Å². The third-order valence-electron chi connectivity index (χ3n) is 3.49. The molecule has 2 unspecified atom stereocenters. The van der Waals surface area contributed by atoms with Crippen LogP contribution in [-0.4, -0.2) is 14.5 Å². The number of hydrogen-bond donors (Lipinski definition) is 2. The molecule has 2 atom stereocenters. The molecule has 1 aromatic carbocycles. The maximum Gasteiger partial charge on any atom is 0.241 e. The van der Waals surface area contributed by atoms with Crippen LogP contribution in [0.5, 0.6) is 0 Å². The first-order valence-corrected chi connectivity index (χ1v) is 8.13. The molecule has 0 radical (unpaired) electrons. The Morgan fingerprint density at radius 2 is 1.95 bits per heavy atom. The average Bonchev–Trinajstić information content (AvgIpc) is 2.31. The molecule has 0 spiro atoms. The molecule has 1 rings (SSSR count). The molecular weight excluding hydrogens is 284 g/mol. The smallest absolute Gasteiger partial charge is 0.241 e. The highest BCUT2D eigenvalue weighted by Crippen LogP contribution is 2.26. The number of sulfonamides is 1. The van der Waals surface area contributed by atoms with Crippen molar-refractivity contribution in [3.63, 3.8) is 0 Å². The minimum absolute atomic E-state index is 0.144. The van der Waals surface area contributed by atoms with Gasteiger partial charge in [0.05, 0.1) is 4.90 Å². The van der Waals surface area contributed by atoms with Gasteiger partial charge in [-0.25, -0.2) is 13.1 Å². The number of benzene rings is 1. The summed E-state index contributed by atoms with van der Waals surface area (Å²) in [4.78, 5) is 0.146. The molecule has 0 aliphatic rings. The normalized spacial score (nSPS) is 15.2. The first kappa shape index (κ1) is 16.3. The van der Waals surface area contributed by atoms with Gasteiger partial charge >= 0.3 is 0 Å².